The van der Waals surface area contributed by atoms with Crippen LogP contribution in [0.15, 0.2) is 12.3 Å². The normalized spacial score (nSPS) is 21.8. The second-order valence-electron chi connectivity index (χ2n) is 9.25. The monoisotopic (exact) mass is 530 g/mol. The number of thiazole rings is 1. The highest BCUT2D eigenvalue weighted by Crippen LogP contribution is 2.39. The van der Waals surface area contributed by atoms with Crippen LogP contribution in [0.3, 0.4) is 0 Å². The number of nitrogens with one attached hydrogen (secondary N) is 1. The zero-order chi connectivity index (χ0) is 24.2. The minimum Gasteiger partial charge on any atom is -0.354 e. The summed E-state index contributed by atoms with van der Waals surface area (Å²) in [6, 6.07) is 4.12. The first-order valence-electron chi connectivity index (χ1n) is 12.1. The fourth-order valence-corrected chi connectivity index (χ4v) is 8.06. The molecule has 1 amide bonds. The molecule has 3 fully saturated rings. The van der Waals surface area contributed by atoms with E-state index in [1.54, 1.807) is 17.0 Å². The van der Waals surface area contributed by atoms with E-state index in [0.29, 0.717) is 27.7 Å². The summed E-state index contributed by atoms with van der Waals surface area (Å²) in [6.07, 6.45) is 5.34. The van der Waals surface area contributed by atoms with E-state index < -0.39 is 0 Å². The molecule has 0 aliphatic carbocycles. The van der Waals surface area contributed by atoms with Crippen LogP contribution in [0, 0.1) is 17.2 Å². The van der Waals surface area contributed by atoms with Crippen molar-refractivity contribution in [1.29, 1.82) is 5.26 Å². The molecule has 9 nitrogen and oxygen atoms in total. The molecule has 186 valence electrons. The third-order valence-corrected chi connectivity index (χ3v) is 10.4. The second-order valence-corrected chi connectivity index (χ2v) is 13.0. The largest absolute Gasteiger partial charge is 0.354 e. The zero-order valence-electron chi connectivity index (χ0n) is 19.9. The van der Waals surface area contributed by atoms with Crippen molar-refractivity contribution in [2.75, 3.05) is 62.3 Å². The molecule has 35 heavy (non-hydrogen) atoms. The van der Waals surface area contributed by atoms with Crippen molar-refractivity contribution in [3.63, 3.8) is 0 Å². The van der Waals surface area contributed by atoms with Gasteiger partial charge in [-0.2, -0.15) is 5.26 Å². The number of hydrogen-bond donors (Lipinski definition) is 1. The quantitative estimate of drug-likeness (QED) is 0.560. The van der Waals surface area contributed by atoms with E-state index in [0.717, 1.165) is 82.3 Å². The standard InChI is InChI=1S/C23H30N8OS3/c1-29-7-9-30(10-8-29)21-13-20(28-23-25-15-17(14-24)34-23)26-19(27-21)12-16-2-5-31(6-3-16)22(32)18-4-11-33-35-18/h13,15-16,18H,2-12H2,1H3,(H,25,26,27,28). The van der Waals surface area contributed by atoms with Gasteiger partial charge in [0.15, 0.2) is 5.13 Å². The number of anilines is 3. The Labute approximate surface area is 218 Å². The van der Waals surface area contributed by atoms with Gasteiger partial charge in [-0.3, -0.25) is 4.79 Å². The fraction of sp³-hybridized carbons (Fsp3) is 0.609. The molecule has 2 aromatic heterocycles. The van der Waals surface area contributed by atoms with Gasteiger partial charge in [-0.1, -0.05) is 32.9 Å². The molecule has 5 rings (SSSR count). The Morgan fingerprint density at radius 3 is 2.66 bits per heavy atom. The molecule has 0 bridgehead atoms. The molecule has 1 unspecified atom stereocenters. The van der Waals surface area contributed by atoms with Gasteiger partial charge in [-0.15, -0.1) is 0 Å². The summed E-state index contributed by atoms with van der Waals surface area (Å²) in [6.45, 7) is 5.52. The number of carbonyl (C=O) groups is 1. The fourth-order valence-electron chi connectivity index (χ4n) is 4.65. The number of carbonyl (C=O) groups excluding carboxylic acids is 1. The van der Waals surface area contributed by atoms with E-state index in [2.05, 4.69) is 38.1 Å². The zero-order valence-corrected chi connectivity index (χ0v) is 22.3. The molecule has 0 radical (unpaired) electrons. The van der Waals surface area contributed by atoms with Gasteiger partial charge < -0.3 is 20.0 Å². The van der Waals surface area contributed by atoms with Crippen LogP contribution in [0.1, 0.15) is 30.0 Å². The number of nitrogens with zero attached hydrogens (tertiary/aromatic N) is 7. The second kappa shape index (κ2) is 11.3. The number of likely N-dealkylation sites (tertiary alicyclic amines) is 1. The molecular formula is C23H30N8OS3. The first-order chi connectivity index (χ1) is 17.1. The van der Waals surface area contributed by atoms with Gasteiger partial charge in [-0.25, -0.2) is 15.0 Å². The summed E-state index contributed by atoms with van der Waals surface area (Å²) in [5.74, 6) is 4.34. The van der Waals surface area contributed by atoms with E-state index >= 15 is 0 Å². The Hall–Kier alpha value is -2.07. The third-order valence-electron chi connectivity index (χ3n) is 6.76. The first-order valence-corrected chi connectivity index (χ1v) is 15.3. The third kappa shape index (κ3) is 6.20. The molecule has 1 N–H and O–H groups in total. The summed E-state index contributed by atoms with van der Waals surface area (Å²) >= 11 is 1.32. The van der Waals surface area contributed by atoms with Crippen LogP contribution in [0.4, 0.5) is 16.8 Å². The van der Waals surface area contributed by atoms with Crippen molar-refractivity contribution in [2.45, 2.75) is 30.9 Å². The average molecular weight is 531 g/mol. The highest BCUT2D eigenvalue weighted by molar-refractivity contribution is 8.77. The maximum Gasteiger partial charge on any atom is 0.236 e. The number of nitriles is 1. The molecular weight excluding hydrogens is 501 g/mol. The van der Waals surface area contributed by atoms with Crippen molar-refractivity contribution in [2.24, 2.45) is 5.92 Å². The van der Waals surface area contributed by atoms with Crippen molar-refractivity contribution in [3.05, 3.63) is 23.0 Å². The summed E-state index contributed by atoms with van der Waals surface area (Å²) in [4.78, 5) is 34.1. The molecule has 12 heteroatoms. The van der Waals surface area contributed by atoms with Crippen LogP contribution in [0.5, 0.6) is 0 Å². The molecule has 0 spiro atoms. The molecule has 3 aliphatic rings. The molecule has 3 saturated heterocycles. The predicted molar refractivity (Wildman–Crippen MR) is 143 cm³/mol. The van der Waals surface area contributed by atoms with E-state index in [1.165, 1.54) is 11.3 Å². The lowest BCUT2D eigenvalue weighted by atomic mass is 9.93. The maximum absolute atomic E-state index is 12.8. The molecule has 2 aromatic rings. The Kier molecular flexibility index (Phi) is 7.97. The van der Waals surface area contributed by atoms with Crippen LogP contribution in [-0.2, 0) is 11.2 Å². The average Bonchev–Trinajstić information content (AvgIpc) is 3.57. The van der Waals surface area contributed by atoms with Crippen molar-refractivity contribution >= 4 is 55.6 Å². The first kappa shape index (κ1) is 24.6. The van der Waals surface area contributed by atoms with Crippen molar-refractivity contribution in [3.8, 4) is 6.07 Å². The lowest BCUT2D eigenvalue weighted by Gasteiger charge is -2.34. The van der Waals surface area contributed by atoms with Crippen LogP contribution in [-0.4, -0.2) is 88.0 Å². The van der Waals surface area contributed by atoms with E-state index in [1.807, 2.05) is 16.9 Å². The van der Waals surface area contributed by atoms with Gasteiger partial charge in [0.1, 0.15) is 28.4 Å². The molecule has 5 heterocycles. The maximum atomic E-state index is 12.8. The smallest absolute Gasteiger partial charge is 0.236 e. The Morgan fingerprint density at radius 2 is 1.97 bits per heavy atom. The Bertz CT molecular complexity index is 1070. The summed E-state index contributed by atoms with van der Waals surface area (Å²) in [7, 11) is 5.70. The van der Waals surface area contributed by atoms with Crippen LogP contribution in [0.25, 0.3) is 0 Å². The lowest BCUT2D eigenvalue weighted by molar-refractivity contribution is -0.131. The van der Waals surface area contributed by atoms with Gasteiger partial charge in [0.25, 0.3) is 0 Å². The lowest BCUT2D eigenvalue weighted by Crippen LogP contribution is -2.45. The van der Waals surface area contributed by atoms with Gasteiger partial charge >= 0.3 is 0 Å². The Balaban J connectivity index is 1.27. The van der Waals surface area contributed by atoms with Gasteiger partial charge in [0.2, 0.25) is 5.91 Å². The van der Waals surface area contributed by atoms with E-state index in [9.17, 15) is 4.79 Å². The number of piperidine rings is 1. The van der Waals surface area contributed by atoms with Crippen molar-refractivity contribution in [1.82, 2.24) is 24.8 Å². The van der Waals surface area contributed by atoms with E-state index in [4.69, 9.17) is 15.2 Å². The van der Waals surface area contributed by atoms with Gasteiger partial charge in [0, 0.05) is 57.5 Å². The number of aromatic nitrogens is 3. The topological polar surface area (TPSA) is 101 Å². The minimum atomic E-state index is 0.140. The summed E-state index contributed by atoms with van der Waals surface area (Å²) in [5, 5.41) is 13.2. The number of amides is 1. The minimum absolute atomic E-state index is 0.140. The molecule has 1 atom stereocenters. The SMILES string of the molecule is CN1CCN(c2cc(Nc3ncc(C#N)s3)nc(CC3CCN(C(=O)C4CCSS4)CC3)n2)CC1. The van der Waals surface area contributed by atoms with Gasteiger partial charge in [0.05, 0.1) is 11.4 Å². The summed E-state index contributed by atoms with van der Waals surface area (Å²) in [5.41, 5.74) is 0. The van der Waals surface area contributed by atoms with E-state index in [-0.39, 0.29) is 5.25 Å². The van der Waals surface area contributed by atoms with Crippen LogP contribution < -0.4 is 10.2 Å². The predicted octanol–water partition coefficient (Wildman–Crippen LogP) is 3.23. The Morgan fingerprint density at radius 1 is 1.17 bits per heavy atom. The number of piperazine rings is 1. The highest BCUT2D eigenvalue weighted by atomic mass is 33.1. The highest BCUT2D eigenvalue weighted by Gasteiger charge is 2.31. The molecule has 0 aromatic carbocycles. The number of rotatable bonds is 6. The molecule has 0 saturated carbocycles. The van der Waals surface area contributed by atoms with Crippen LogP contribution >= 0.6 is 32.9 Å². The molecule has 3 aliphatic heterocycles. The number of hydrogen-bond acceptors (Lipinski definition) is 11. The van der Waals surface area contributed by atoms with Gasteiger partial charge in [-0.05, 0) is 32.2 Å². The van der Waals surface area contributed by atoms with Crippen molar-refractivity contribution < 1.29 is 4.79 Å². The number of likely N-dealkylation sites (N-methyl/N-ethyl adjacent to an activating group) is 1. The van der Waals surface area contributed by atoms with Crippen LogP contribution in [0.2, 0.25) is 0 Å². The summed E-state index contributed by atoms with van der Waals surface area (Å²) < 4.78 is 0.